The third kappa shape index (κ3) is 5.35. The van der Waals surface area contributed by atoms with Crippen molar-refractivity contribution < 1.29 is 48.6 Å². The summed E-state index contributed by atoms with van der Waals surface area (Å²) in [7, 11) is 0. The Labute approximate surface area is 212 Å². The van der Waals surface area contributed by atoms with Crippen molar-refractivity contribution in [2.24, 2.45) is 0 Å². The van der Waals surface area contributed by atoms with Gasteiger partial charge in [-0.2, -0.15) is 22.0 Å². The van der Waals surface area contributed by atoms with Crippen LogP contribution in [-0.2, 0) is 18.7 Å². The van der Waals surface area contributed by atoms with E-state index in [9.17, 15) is 43.9 Å². The predicted octanol–water partition coefficient (Wildman–Crippen LogP) is 9.49. The van der Waals surface area contributed by atoms with E-state index in [1.807, 2.05) is 6.92 Å². The van der Waals surface area contributed by atoms with E-state index in [0.29, 0.717) is 29.0 Å². The molecule has 4 rings (SSSR count). The molecule has 3 aromatic carbocycles. The largest absolute Gasteiger partial charge is 0.432 e. The molecule has 0 aliphatic heterocycles. The third-order valence-corrected chi connectivity index (χ3v) is 6.75. The second-order valence-electron chi connectivity index (χ2n) is 8.01. The second-order valence-corrected chi connectivity index (χ2v) is 9.15. The predicted molar refractivity (Wildman–Crippen MR) is 120 cm³/mol. The molecule has 200 valence electrons. The lowest BCUT2D eigenvalue weighted by atomic mass is 10.0. The fourth-order valence-corrected chi connectivity index (χ4v) is 4.68. The van der Waals surface area contributed by atoms with Gasteiger partial charge in [0.05, 0.1) is 4.88 Å². The standard InChI is InChI=1S/C26H14F10OS/c1-2-16-11-21(31)24(38-16)13-5-3-12(4-6-13)14-7-17(27)23(18(28)8-14)26(35,36)37-15-9-19(29)22(20(30)10-15)25(32,33)34/h3-11H,2H2,1H3. The minimum absolute atomic E-state index is 0.168. The average molecular weight is 564 g/mol. The quantitative estimate of drug-likeness (QED) is 0.212. The zero-order valence-corrected chi connectivity index (χ0v) is 19.8. The van der Waals surface area contributed by atoms with Crippen LogP contribution < -0.4 is 4.74 Å². The number of thiophene rings is 1. The Hall–Kier alpha value is -3.54. The number of alkyl halides is 5. The van der Waals surface area contributed by atoms with Crippen molar-refractivity contribution in [1.82, 2.24) is 0 Å². The van der Waals surface area contributed by atoms with Crippen molar-refractivity contribution in [2.45, 2.75) is 25.6 Å². The fraction of sp³-hybridized carbons (Fsp3) is 0.154. The Balaban J connectivity index is 1.63. The first-order chi connectivity index (χ1) is 17.7. The van der Waals surface area contributed by atoms with Crippen LogP contribution in [0.5, 0.6) is 5.75 Å². The zero-order chi connectivity index (χ0) is 28.0. The van der Waals surface area contributed by atoms with Crippen molar-refractivity contribution >= 4 is 11.3 Å². The summed E-state index contributed by atoms with van der Waals surface area (Å²) in [5, 5.41) is 0. The van der Waals surface area contributed by atoms with Gasteiger partial charge in [0.15, 0.2) is 0 Å². The molecule has 1 nitrogen and oxygen atoms in total. The van der Waals surface area contributed by atoms with E-state index in [1.165, 1.54) is 41.7 Å². The van der Waals surface area contributed by atoms with Gasteiger partial charge < -0.3 is 4.74 Å². The molecule has 0 saturated heterocycles. The van der Waals surface area contributed by atoms with Gasteiger partial charge in [-0.1, -0.05) is 31.2 Å². The van der Waals surface area contributed by atoms with Crippen LogP contribution in [0, 0.1) is 29.1 Å². The lowest BCUT2D eigenvalue weighted by Gasteiger charge is -2.20. The molecule has 0 fully saturated rings. The smallest absolute Gasteiger partial charge is 0.429 e. The molecule has 38 heavy (non-hydrogen) atoms. The van der Waals surface area contributed by atoms with Crippen molar-refractivity contribution in [1.29, 1.82) is 0 Å². The topological polar surface area (TPSA) is 9.23 Å². The van der Waals surface area contributed by atoms with Crippen molar-refractivity contribution in [3.8, 4) is 27.3 Å². The highest BCUT2D eigenvalue weighted by Crippen LogP contribution is 2.40. The van der Waals surface area contributed by atoms with Crippen molar-refractivity contribution in [3.05, 3.63) is 99.7 Å². The van der Waals surface area contributed by atoms with Crippen LogP contribution in [0.1, 0.15) is 22.9 Å². The van der Waals surface area contributed by atoms with Crippen LogP contribution in [0.2, 0.25) is 0 Å². The number of hydrogen-bond acceptors (Lipinski definition) is 2. The summed E-state index contributed by atoms with van der Waals surface area (Å²) < 4.78 is 142. The number of aryl methyl sites for hydroxylation is 1. The van der Waals surface area contributed by atoms with E-state index in [2.05, 4.69) is 4.74 Å². The van der Waals surface area contributed by atoms with Crippen LogP contribution in [0.25, 0.3) is 21.6 Å². The molecule has 0 N–H and O–H groups in total. The van der Waals surface area contributed by atoms with Crippen molar-refractivity contribution in [3.63, 3.8) is 0 Å². The van der Waals surface area contributed by atoms with Gasteiger partial charge in [-0.25, -0.2) is 22.0 Å². The van der Waals surface area contributed by atoms with Gasteiger partial charge in [0.2, 0.25) is 0 Å². The molecule has 0 radical (unpaired) electrons. The highest BCUT2D eigenvalue weighted by molar-refractivity contribution is 7.15. The molecule has 0 saturated carbocycles. The summed E-state index contributed by atoms with van der Waals surface area (Å²) >= 11 is 1.23. The summed E-state index contributed by atoms with van der Waals surface area (Å²) in [5.41, 5.74) is -3.75. The lowest BCUT2D eigenvalue weighted by Crippen LogP contribution is -2.25. The lowest BCUT2D eigenvalue weighted by molar-refractivity contribution is -0.189. The summed E-state index contributed by atoms with van der Waals surface area (Å²) in [4.78, 5) is 1.17. The maximum absolute atomic E-state index is 14.7. The maximum Gasteiger partial charge on any atom is 0.432 e. The molecule has 0 bridgehead atoms. The van der Waals surface area contributed by atoms with E-state index in [-0.39, 0.29) is 23.3 Å². The molecule has 0 unspecified atom stereocenters. The maximum atomic E-state index is 14.7. The SMILES string of the molecule is CCc1cc(F)c(-c2ccc(-c3cc(F)c(C(F)(F)Oc4cc(F)c(C(F)(F)F)c(F)c4)c(F)c3)cc2)s1. The van der Waals surface area contributed by atoms with Gasteiger partial charge in [0.25, 0.3) is 0 Å². The van der Waals surface area contributed by atoms with Crippen molar-refractivity contribution in [2.75, 3.05) is 0 Å². The normalized spacial score (nSPS) is 12.2. The first-order valence-electron chi connectivity index (χ1n) is 10.7. The van der Waals surface area contributed by atoms with E-state index in [4.69, 9.17) is 0 Å². The summed E-state index contributed by atoms with van der Waals surface area (Å²) in [6.07, 6.45) is -9.69. The van der Waals surface area contributed by atoms with Crippen LogP contribution >= 0.6 is 11.3 Å². The first-order valence-corrected chi connectivity index (χ1v) is 11.5. The Bertz CT molecular complexity index is 1440. The molecule has 4 aromatic rings. The summed E-state index contributed by atoms with van der Waals surface area (Å²) in [5.74, 6) is -9.95. The number of benzene rings is 3. The van der Waals surface area contributed by atoms with Gasteiger partial charge in [-0.15, -0.1) is 11.3 Å². The Morgan fingerprint density at radius 3 is 1.61 bits per heavy atom. The number of hydrogen-bond donors (Lipinski definition) is 0. The van der Waals surface area contributed by atoms with E-state index < -0.39 is 58.2 Å². The molecule has 0 spiro atoms. The number of rotatable bonds is 6. The molecule has 1 aromatic heterocycles. The molecule has 0 aliphatic rings. The van der Waals surface area contributed by atoms with E-state index in [0.717, 1.165) is 4.88 Å². The Morgan fingerprint density at radius 2 is 1.13 bits per heavy atom. The van der Waals surface area contributed by atoms with Gasteiger partial charge in [0.1, 0.15) is 46.0 Å². The van der Waals surface area contributed by atoms with Crippen LogP contribution in [0.15, 0.2) is 54.6 Å². The van der Waals surface area contributed by atoms with Gasteiger partial charge in [-0.3, -0.25) is 0 Å². The molecular formula is C26H14F10OS. The first kappa shape index (κ1) is 27.5. The third-order valence-electron chi connectivity index (χ3n) is 5.44. The summed E-state index contributed by atoms with van der Waals surface area (Å²) in [6, 6.07) is 7.92. The fourth-order valence-electron chi connectivity index (χ4n) is 3.70. The Kier molecular flexibility index (Phi) is 7.21. The summed E-state index contributed by atoms with van der Waals surface area (Å²) in [6.45, 7) is 1.86. The van der Waals surface area contributed by atoms with Gasteiger partial charge in [-0.05, 0) is 41.3 Å². The number of ether oxygens (including phenoxy) is 1. The minimum Gasteiger partial charge on any atom is -0.429 e. The average Bonchev–Trinajstić information content (AvgIpc) is 3.17. The van der Waals surface area contributed by atoms with E-state index >= 15 is 0 Å². The zero-order valence-electron chi connectivity index (χ0n) is 19.0. The van der Waals surface area contributed by atoms with Gasteiger partial charge >= 0.3 is 12.3 Å². The highest BCUT2D eigenvalue weighted by atomic mass is 32.1. The minimum atomic E-state index is -5.46. The van der Waals surface area contributed by atoms with Crippen LogP contribution in [-0.4, -0.2) is 0 Å². The molecule has 0 aliphatic carbocycles. The van der Waals surface area contributed by atoms with Gasteiger partial charge in [0, 0.05) is 17.0 Å². The van der Waals surface area contributed by atoms with E-state index in [1.54, 1.807) is 0 Å². The molecule has 0 amide bonds. The molecule has 12 heteroatoms. The Morgan fingerprint density at radius 1 is 0.632 bits per heavy atom. The molecular weight excluding hydrogens is 550 g/mol. The van der Waals surface area contributed by atoms with Crippen LogP contribution in [0.3, 0.4) is 0 Å². The number of halogens is 10. The monoisotopic (exact) mass is 564 g/mol. The molecule has 1 heterocycles. The van der Waals surface area contributed by atoms with Crippen LogP contribution in [0.4, 0.5) is 43.9 Å². The molecule has 0 atom stereocenters. The second kappa shape index (κ2) is 9.97. The highest BCUT2D eigenvalue weighted by Gasteiger charge is 2.43.